The Bertz CT molecular complexity index is 786. The van der Waals surface area contributed by atoms with Gasteiger partial charge < -0.3 is 4.74 Å². The standard InChI is InChI=1S/C14H11BrF2N4O/c1-20-8-11(21-6-2-5-18-21)13(19-20)10-7-9(15)3-4-12(10)22-14(16)17/h2-8,14H,1H3. The molecule has 2 heterocycles. The van der Waals surface area contributed by atoms with Crippen LogP contribution >= 0.6 is 15.9 Å². The molecule has 114 valence electrons. The Hall–Kier alpha value is -2.22. The van der Waals surface area contributed by atoms with E-state index in [1.165, 1.54) is 6.07 Å². The van der Waals surface area contributed by atoms with Gasteiger partial charge >= 0.3 is 6.61 Å². The molecule has 0 bridgehead atoms. The second-order valence-corrected chi connectivity index (χ2v) is 5.42. The zero-order valence-corrected chi connectivity index (χ0v) is 13.0. The molecule has 0 radical (unpaired) electrons. The summed E-state index contributed by atoms with van der Waals surface area (Å²) in [6.45, 7) is -2.91. The molecule has 0 saturated carbocycles. The zero-order chi connectivity index (χ0) is 15.7. The maximum absolute atomic E-state index is 12.6. The highest BCUT2D eigenvalue weighted by Crippen LogP contribution is 2.35. The number of halogens is 3. The van der Waals surface area contributed by atoms with E-state index in [1.807, 2.05) is 0 Å². The minimum absolute atomic E-state index is 0.0605. The summed E-state index contributed by atoms with van der Waals surface area (Å²) >= 11 is 3.34. The van der Waals surface area contributed by atoms with E-state index in [2.05, 4.69) is 30.9 Å². The molecule has 3 rings (SSSR count). The number of rotatable bonds is 4. The van der Waals surface area contributed by atoms with E-state index in [1.54, 1.807) is 53.2 Å². The number of ether oxygens (including phenoxy) is 1. The largest absolute Gasteiger partial charge is 0.434 e. The predicted molar refractivity (Wildman–Crippen MR) is 80.1 cm³/mol. The topological polar surface area (TPSA) is 44.9 Å². The van der Waals surface area contributed by atoms with Gasteiger partial charge in [0.05, 0.1) is 6.20 Å². The Labute approximate surface area is 133 Å². The SMILES string of the molecule is Cn1cc(-n2cccn2)c(-c2cc(Br)ccc2OC(F)F)n1. The molecule has 1 aromatic carbocycles. The van der Waals surface area contributed by atoms with Gasteiger partial charge in [-0.05, 0) is 24.3 Å². The molecular weight excluding hydrogens is 358 g/mol. The highest BCUT2D eigenvalue weighted by molar-refractivity contribution is 9.10. The average Bonchev–Trinajstić information content (AvgIpc) is 3.09. The van der Waals surface area contributed by atoms with Gasteiger partial charge in [-0.3, -0.25) is 4.68 Å². The molecular formula is C14H11BrF2N4O. The lowest BCUT2D eigenvalue weighted by Gasteiger charge is -2.11. The van der Waals surface area contributed by atoms with E-state index in [9.17, 15) is 8.78 Å². The smallest absolute Gasteiger partial charge is 0.387 e. The van der Waals surface area contributed by atoms with Gasteiger partial charge in [-0.25, -0.2) is 4.68 Å². The van der Waals surface area contributed by atoms with Crippen molar-refractivity contribution >= 4 is 15.9 Å². The maximum atomic E-state index is 12.6. The third-order valence-electron chi connectivity index (χ3n) is 2.97. The number of benzene rings is 1. The van der Waals surface area contributed by atoms with Crippen LogP contribution in [0.25, 0.3) is 16.9 Å². The molecule has 0 atom stereocenters. The Morgan fingerprint density at radius 2 is 2.14 bits per heavy atom. The summed E-state index contributed by atoms with van der Waals surface area (Å²) in [6.07, 6.45) is 5.15. The second-order valence-electron chi connectivity index (χ2n) is 4.51. The van der Waals surface area contributed by atoms with Gasteiger partial charge in [-0.2, -0.15) is 19.0 Å². The van der Waals surface area contributed by atoms with Crippen molar-refractivity contribution in [2.45, 2.75) is 6.61 Å². The van der Waals surface area contributed by atoms with Crippen molar-refractivity contribution < 1.29 is 13.5 Å². The van der Waals surface area contributed by atoms with Gasteiger partial charge in [-0.1, -0.05) is 15.9 Å². The van der Waals surface area contributed by atoms with Crippen LogP contribution in [0.15, 0.2) is 47.3 Å². The van der Waals surface area contributed by atoms with Crippen LogP contribution in [0.2, 0.25) is 0 Å². The highest BCUT2D eigenvalue weighted by Gasteiger charge is 2.19. The summed E-state index contributed by atoms with van der Waals surface area (Å²) in [4.78, 5) is 0. The minimum atomic E-state index is -2.91. The molecule has 0 aliphatic carbocycles. The molecule has 22 heavy (non-hydrogen) atoms. The molecule has 0 N–H and O–H groups in total. The molecule has 3 aromatic rings. The summed E-state index contributed by atoms with van der Waals surface area (Å²) in [7, 11) is 1.75. The molecule has 5 nitrogen and oxygen atoms in total. The molecule has 0 amide bonds. The monoisotopic (exact) mass is 368 g/mol. The summed E-state index contributed by atoms with van der Waals surface area (Å²) in [5, 5.41) is 8.52. The van der Waals surface area contributed by atoms with Crippen molar-refractivity contribution in [1.82, 2.24) is 19.6 Å². The first-order valence-corrected chi connectivity index (χ1v) is 7.12. The van der Waals surface area contributed by atoms with Crippen LogP contribution in [0.4, 0.5) is 8.78 Å². The van der Waals surface area contributed by atoms with Gasteiger partial charge in [0.25, 0.3) is 0 Å². The number of alkyl halides is 2. The summed E-state index contributed by atoms with van der Waals surface area (Å²) in [5.74, 6) is 0.0605. The fraction of sp³-hybridized carbons (Fsp3) is 0.143. The first kappa shape index (κ1) is 14.7. The summed E-state index contributed by atoms with van der Waals surface area (Å²) in [6, 6.07) is 6.58. The van der Waals surface area contributed by atoms with Crippen molar-refractivity contribution in [3.8, 4) is 22.7 Å². The quantitative estimate of drug-likeness (QED) is 0.706. The van der Waals surface area contributed by atoms with Crippen molar-refractivity contribution in [2.24, 2.45) is 7.05 Å². The van der Waals surface area contributed by atoms with E-state index in [4.69, 9.17) is 0 Å². The van der Waals surface area contributed by atoms with Crippen molar-refractivity contribution in [3.63, 3.8) is 0 Å². The van der Waals surface area contributed by atoms with Crippen LogP contribution in [-0.2, 0) is 7.05 Å². The van der Waals surface area contributed by atoms with Crippen molar-refractivity contribution in [3.05, 3.63) is 47.3 Å². The van der Waals surface area contributed by atoms with Gasteiger partial charge in [0.1, 0.15) is 17.1 Å². The van der Waals surface area contributed by atoms with Crippen molar-refractivity contribution in [2.75, 3.05) is 0 Å². The third kappa shape index (κ3) is 2.87. The van der Waals surface area contributed by atoms with E-state index < -0.39 is 6.61 Å². The van der Waals surface area contributed by atoms with Crippen LogP contribution in [-0.4, -0.2) is 26.2 Å². The molecule has 0 spiro atoms. The minimum Gasteiger partial charge on any atom is -0.434 e. The first-order chi connectivity index (χ1) is 10.5. The number of aryl methyl sites for hydroxylation is 1. The molecule has 2 aromatic heterocycles. The average molecular weight is 369 g/mol. The van der Waals surface area contributed by atoms with E-state index in [0.29, 0.717) is 16.9 Å². The van der Waals surface area contributed by atoms with Crippen LogP contribution < -0.4 is 4.74 Å². The van der Waals surface area contributed by atoms with Gasteiger partial charge in [0, 0.05) is 29.5 Å². The van der Waals surface area contributed by atoms with Crippen molar-refractivity contribution in [1.29, 1.82) is 0 Å². The molecule has 0 aliphatic heterocycles. The Morgan fingerprint density at radius 1 is 1.32 bits per heavy atom. The van der Waals surface area contributed by atoms with E-state index >= 15 is 0 Å². The van der Waals surface area contributed by atoms with Gasteiger partial charge in [0.2, 0.25) is 0 Å². The number of hydrogen-bond donors (Lipinski definition) is 0. The molecule has 0 unspecified atom stereocenters. The Balaban J connectivity index is 2.17. The molecule has 0 aliphatic rings. The van der Waals surface area contributed by atoms with Crippen LogP contribution in [0.1, 0.15) is 0 Å². The van der Waals surface area contributed by atoms with Crippen LogP contribution in [0.3, 0.4) is 0 Å². The normalized spacial score (nSPS) is 11.1. The molecule has 8 heteroatoms. The zero-order valence-electron chi connectivity index (χ0n) is 11.4. The number of nitrogens with zero attached hydrogens (tertiary/aromatic N) is 4. The summed E-state index contributed by atoms with van der Waals surface area (Å²) in [5.41, 5.74) is 1.63. The van der Waals surface area contributed by atoms with Gasteiger partial charge in [0.15, 0.2) is 0 Å². The second kappa shape index (κ2) is 5.88. The summed E-state index contributed by atoms with van der Waals surface area (Å²) < 4.78 is 33.8. The number of aromatic nitrogens is 4. The lowest BCUT2D eigenvalue weighted by atomic mass is 10.1. The van der Waals surface area contributed by atoms with E-state index in [0.717, 1.165) is 4.47 Å². The van der Waals surface area contributed by atoms with Gasteiger partial charge in [-0.15, -0.1) is 0 Å². The maximum Gasteiger partial charge on any atom is 0.387 e. The first-order valence-electron chi connectivity index (χ1n) is 6.33. The Kier molecular flexibility index (Phi) is 3.93. The number of hydrogen-bond acceptors (Lipinski definition) is 3. The Morgan fingerprint density at radius 3 is 2.82 bits per heavy atom. The van der Waals surface area contributed by atoms with Crippen LogP contribution in [0.5, 0.6) is 5.75 Å². The predicted octanol–water partition coefficient (Wildman–Crippen LogP) is 3.64. The third-order valence-corrected chi connectivity index (χ3v) is 3.47. The van der Waals surface area contributed by atoms with Crippen LogP contribution in [0, 0.1) is 0 Å². The molecule has 0 saturated heterocycles. The highest BCUT2D eigenvalue weighted by atomic mass is 79.9. The lowest BCUT2D eigenvalue weighted by molar-refractivity contribution is -0.0494. The molecule has 0 fully saturated rings. The fourth-order valence-corrected chi connectivity index (χ4v) is 2.49. The van der Waals surface area contributed by atoms with E-state index in [-0.39, 0.29) is 5.75 Å². The fourth-order valence-electron chi connectivity index (χ4n) is 2.13. The lowest BCUT2D eigenvalue weighted by Crippen LogP contribution is -2.04.